The Kier molecular flexibility index (Phi) is 5.13. The lowest BCUT2D eigenvalue weighted by molar-refractivity contribution is 0.311. The first-order chi connectivity index (χ1) is 10.0. The molecule has 5 heteroatoms. The highest BCUT2D eigenvalue weighted by atomic mass is 32.2. The maximum Gasteiger partial charge on any atom is 0.144 e. The Hall–Kier alpha value is -1.25. The first-order valence-corrected chi connectivity index (χ1v) is 8.44. The van der Waals surface area contributed by atoms with Crippen molar-refractivity contribution in [3.05, 3.63) is 22.4 Å². The Morgan fingerprint density at radius 2 is 2.19 bits per heavy atom. The molecule has 0 saturated heterocycles. The Bertz CT molecular complexity index is 564. The predicted molar refractivity (Wildman–Crippen MR) is 87.6 cm³/mol. The molecule has 1 aromatic rings. The third-order valence-electron chi connectivity index (χ3n) is 3.71. The van der Waals surface area contributed by atoms with E-state index in [1.165, 1.54) is 5.56 Å². The van der Waals surface area contributed by atoms with Crippen LogP contribution in [-0.4, -0.2) is 28.0 Å². The standard InChI is InChI=1S/C16H23N3OS/c1-4-5-14-11-8-16(2,3)21-10-13(11)12(9-17)15(19-14)18-6-7-20/h20H,4-8,10H2,1-3H3,(H,18,19). The lowest BCUT2D eigenvalue weighted by Crippen LogP contribution is -2.27. The highest BCUT2D eigenvalue weighted by molar-refractivity contribution is 7.99. The molecule has 1 aliphatic heterocycles. The van der Waals surface area contributed by atoms with Crippen molar-refractivity contribution >= 4 is 17.6 Å². The molecule has 0 amide bonds. The summed E-state index contributed by atoms with van der Waals surface area (Å²) in [7, 11) is 0. The van der Waals surface area contributed by atoms with E-state index >= 15 is 0 Å². The lowest BCUT2D eigenvalue weighted by atomic mass is 9.91. The number of aliphatic hydroxyl groups excluding tert-OH is 1. The minimum absolute atomic E-state index is 0.0362. The number of fused-ring (bicyclic) bond motifs is 1. The number of nitrogens with one attached hydrogen (secondary N) is 1. The van der Waals surface area contributed by atoms with Gasteiger partial charge in [0, 0.05) is 22.7 Å². The van der Waals surface area contributed by atoms with Gasteiger partial charge in [0.1, 0.15) is 11.9 Å². The Balaban J connectivity index is 2.53. The van der Waals surface area contributed by atoms with Crippen molar-refractivity contribution in [2.45, 2.75) is 50.5 Å². The van der Waals surface area contributed by atoms with Crippen molar-refractivity contribution in [2.24, 2.45) is 0 Å². The fraction of sp³-hybridized carbons (Fsp3) is 0.625. The number of aromatic nitrogens is 1. The molecule has 2 rings (SSSR count). The molecule has 1 aromatic heterocycles. The van der Waals surface area contributed by atoms with Crippen LogP contribution in [0.25, 0.3) is 0 Å². The van der Waals surface area contributed by atoms with Crippen LogP contribution in [0.3, 0.4) is 0 Å². The van der Waals surface area contributed by atoms with Gasteiger partial charge in [-0.05, 0) is 24.0 Å². The maximum absolute atomic E-state index is 9.52. The minimum atomic E-state index is 0.0362. The Labute approximate surface area is 131 Å². The van der Waals surface area contributed by atoms with E-state index in [-0.39, 0.29) is 11.4 Å². The minimum Gasteiger partial charge on any atom is -0.395 e. The average molecular weight is 305 g/mol. The molecule has 0 saturated carbocycles. The monoisotopic (exact) mass is 305 g/mol. The summed E-state index contributed by atoms with van der Waals surface area (Å²) in [5.74, 6) is 1.49. The summed E-state index contributed by atoms with van der Waals surface area (Å²) in [5, 5.41) is 21.6. The van der Waals surface area contributed by atoms with Crippen LogP contribution in [0.15, 0.2) is 0 Å². The van der Waals surface area contributed by atoms with Gasteiger partial charge in [0.15, 0.2) is 0 Å². The van der Waals surface area contributed by atoms with Crippen LogP contribution < -0.4 is 5.32 Å². The molecular weight excluding hydrogens is 282 g/mol. The van der Waals surface area contributed by atoms with Gasteiger partial charge in [-0.25, -0.2) is 4.98 Å². The molecule has 21 heavy (non-hydrogen) atoms. The quantitative estimate of drug-likeness (QED) is 0.875. The zero-order valence-electron chi connectivity index (χ0n) is 13.0. The lowest BCUT2D eigenvalue weighted by Gasteiger charge is -2.33. The van der Waals surface area contributed by atoms with Gasteiger partial charge in [-0.3, -0.25) is 0 Å². The van der Waals surface area contributed by atoms with Crippen molar-refractivity contribution < 1.29 is 5.11 Å². The van der Waals surface area contributed by atoms with Crippen LogP contribution in [0.2, 0.25) is 0 Å². The van der Waals surface area contributed by atoms with Gasteiger partial charge in [-0.1, -0.05) is 27.2 Å². The number of hydrogen-bond acceptors (Lipinski definition) is 5. The molecule has 4 nitrogen and oxygen atoms in total. The normalized spacial score (nSPS) is 16.1. The van der Waals surface area contributed by atoms with Crippen molar-refractivity contribution in [2.75, 3.05) is 18.5 Å². The van der Waals surface area contributed by atoms with Gasteiger partial charge < -0.3 is 10.4 Å². The van der Waals surface area contributed by atoms with E-state index in [0.29, 0.717) is 17.9 Å². The van der Waals surface area contributed by atoms with E-state index in [0.717, 1.165) is 36.3 Å². The molecule has 0 aliphatic carbocycles. The SMILES string of the molecule is CCCc1nc(NCCO)c(C#N)c2c1CC(C)(C)SC2. The summed E-state index contributed by atoms with van der Waals surface area (Å²) in [6.45, 7) is 7.11. The predicted octanol–water partition coefficient (Wildman–Crippen LogP) is 2.88. The fourth-order valence-electron chi connectivity index (χ4n) is 2.70. The van der Waals surface area contributed by atoms with Crippen LogP contribution in [0.1, 0.15) is 49.6 Å². The van der Waals surface area contributed by atoms with Crippen LogP contribution in [0.5, 0.6) is 0 Å². The first-order valence-electron chi connectivity index (χ1n) is 7.45. The van der Waals surface area contributed by atoms with E-state index < -0.39 is 0 Å². The molecule has 0 fully saturated rings. The maximum atomic E-state index is 9.52. The molecule has 0 atom stereocenters. The van der Waals surface area contributed by atoms with Crippen molar-refractivity contribution in [3.63, 3.8) is 0 Å². The smallest absolute Gasteiger partial charge is 0.144 e. The van der Waals surface area contributed by atoms with Crippen LogP contribution in [0, 0.1) is 11.3 Å². The third-order valence-corrected chi connectivity index (χ3v) is 5.07. The molecule has 0 unspecified atom stereocenters. The molecule has 114 valence electrons. The van der Waals surface area contributed by atoms with Crippen molar-refractivity contribution in [3.8, 4) is 6.07 Å². The van der Waals surface area contributed by atoms with Crippen LogP contribution in [0.4, 0.5) is 5.82 Å². The topological polar surface area (TPSA) is 68.9 Å². The largest absolute Gasteiger partial charge is 0.395 e. The number of nitrogens with zero attached hydrogens (tertiary/aromatic N) is 2. The Morgan fingerprint density at radius 1 is 1.43 bits per heavy atom. The zero-order chi connectivity index (χ0) is 15.5. The van der Waals surface area contributed by atoms with E-state index in [1.807, 2.05) is 11.8 Å². The van der Waals surface area contributed by atoms with E-state index in [1.54, 1.807) is 0 Å². The van der Waals surface area contributed by atoms with Gasteiger partial charge >= 0.3 is 0 Å². The molecule has 2 N–H and O–H groups in total. The molecule has 0 spiro atoms. The number of hydrogen-bond donors (Lipinski definition) is 2. The van der Waals surface area contributed by atoms with E-state index in [9.17, 15) is 5.26 Å². The van der Waals surface area contributed by atoms with E-state index in [4.69, 9.17) is 10.1 Å². The highest BCUT2D eigenvalue weighted by Gasteiger charge is 2.31. The van der Waals surface area contributed by atoms with Crippen molar-refractivity contribution in [1.29, 1.82) is 5.26 Å². The number of rotatable bonds is 5. The molecule has 1 aliphatic rings. The molecular formula is C16H23N3OS. The second kappa shape index (κ2) is 6.67. The summed E-state index contributed by atoms with van der Waals surface area (Å²) < 4.78 is 0.198. The molecule has 0 radical (unpaired) electrons. The molecule has 0 aromatic carbocycles. The van der Waals surface area contributed by atoms with Crippen molar-refractivity contribution in [1.82, 2.24) is 4.98 Å². The molecule has 0 bridgehead atoms. The van der Waals surface area contributed by atoms with Gasteiger partial charge in [0.2, 0.25) is 0 Å². The summed E-state index contributed by atoms with van der Waals surface area (Å²) in [4.78, 5) is 4.70. The fourth-order valence-corrected chi connectivity index (χ4v) is 3.80. The van der Waals surface area contributed by atoms with E-state index in [2.05, 4.69) is 32.2 Å². The number of aryl methyl sites for hydroxylation is 1. The summed E-state index contributed by atoms with van der Waals surface area (Å²) >= 11 is 1.90. The number of nitriles is 1. The highest BCUT2D eigenvalue weighted by Crippen LogP contribution is 2.41. The van der Waals surface area contributed by atoms with Gasteiger partial charge in [0.25, 0.3) is 0 Å². The second-order valence-corrected chi connectivity index (χ2v) is 7.66. The van der Waals surface area contributed by atoms with Crippen LogP contribution >= 0.6 is 11.8 Å². The number of pyridine rings is 1. The second-order valence-electron chi connectivity index (χ2n) is 5.98. The van der Waals surface area contributed by atoms with Crippen LogP contribution in [-0.2, 0) is 18.6 Å². The third kappa shape index (κ3) is 3.50. The number of thioether (sulfide) groups is 1. The molecule has 2 heterocycles. The van der Waals surface area contributed by atoms with Gasteiger partial charge in [-0.2, -0.15) is 17.0 Å². The van der Waals surface area contributed by atoms with Gasteiger partial charge in [0.05, 0.1) is 12.2 Å². The Morgan fingerprint density at radius 3 is 2.81 bits per heavy atom. The van der Waals surface area contributed by atoms with Gasteiger partial charge in [-0.15, -0.1) is 0 Å². The summed E-state index contributed by atoms with van der Waals surface area (Å²) in [6.07, 6.45) is 2.94. The first kappa shape index (κ1) is 16.1. The zero-order valence-corrected chi connectivity index (χ0v) is 13.8. The number of aliphatic hydroxyl groups is 1. The summed E-state index contributed by atoms with van der Waals surface area (Å²) in [6, 6.07) is 2.31. The number of anilines is 1. The summed E-state index contributed by atoms with van der Waals surface area (Å²) in [5.41, 5.74) is 4.18. The average Bonchev–Trinajstić information content (AvgIpc) is 2.45.